The molecular formula is C19H23NS. The summed E-state index contributed by atoms with van der Waals surface area (Å²) in [5, 5.41) is 3.46. The second-order valence-corrected chi connectivity index (χ2v) is 6.89. The van der Waals surface area contributed by atoms with Crippen molar-refractivity contribution in [2.75, 3.05) is 12.8 Å². The zero-order valence-electron chi connectivity index (χ0n) is 12.9. The largest absolute Gasteiger partial charge is 0.312 e. The van der Waals surface area contributed by atoms with E-state index >= 15 is 0 Å². The standard InChI is InChI=1S/C19H23NS/c1-14-6-3-4-9-18(14)19(20-2)13-21-17-11-10-15-7-5-8-16(15)12-17/h3-4,6,9-12,19-20H,5,7-8,13H2,1-2H3. The van der Waals surface area contributed by atoms with Crippen LogP contribution in [0.4, 0.5) is 0 Å². The van der Waals surface area contributed by atoms with Crippen LogP contribution < -0.4 is 5.32 Å². The molecule has 0 spiro atoms. The molecule has 1 aliphatic rings. The molecule has 1 atom stereocenters. The molecule has 0 saturated carbocycles. The number of fused-ring (bicyclic) bond motifs is 1. The lowest BCUT2D eigenvalue weighted by Gasteiger charge is -2.18. The molecule has 1 nitrogen and oxygen atoms in total. The number of aryl methyl sites for hydroxylation is 3. The number of hydrogen-bond acceptors (Lipinski definition) is 2. The van der Waals surface area contributed by atoms with Gasteiger partial charge in [0, 0.05) is 16.7 Å². The van der Waals surface area contributed by atoms with Crippen LogP contribution in [0.2, 0.25) is 0 Å². The minimum absolute atomic E-state index is 0.407. The van der Waals surface area contributed by atoms with Crippen molar-refractivity contribution < 1.29 is 0 Å². The topological polar surface area (TPSA) is 12.0 Å². The van der Waals surface area contributed by atoms with E-state index in [0.29, 0.717) is 6.04 Å². The summed E-state index contributed by atoms with van der Waals surface area (Å²) in [6.45, 7) is 2.19. The molecule has 110 valence electrons. The van der Waals surface area contributed by atoms with Crippen molar-refractivity contribution in [3.05, 3.63) is 64.7 Å². The van der Waals surface area contributed by atoms with Gasteiger partial charge < -0.3 is 5.32 Å². The predicted octanol–water partition coefficient (Wildman–Crippen LogP) is 4.54. The molecule has 1 aliphatic carbocycles. The zero-order chi connectivity index (χ0) is 14.7. The molecule has 0 aliphatic heterocycles. The van der Waals surface area contributed by atoms with Crippen molar-refractivity contribution in [2.24, 2.45) is 0 Å². The third-order valence-corrected chi connectivity index (χ3v) is 5.49. The fourth-order valence-electron chi connectivity index (χ4n) is 3.12. The highest BCUT2D eigenvalue weighted by molar-refractivity contribution is 7.99. The molecule has 0 fully saturated rings. The fourth-order valence-corrected chi connectivity index (χ4v) is 4.22. The molecule has 1 unspecified atom stereocenters. The molecular weight excluding hydrogens is 274 g/mol. The van der Waals surface area contributed by atoms with Crippen molar-refractivity contribution in [1.29, 1.82) is 0 Å². The van der Waals surface area contributed by atoms with E-state index in [1.165, 1.54) is 35.3 Å². The van der Waals surface area contributed by atoms with E-state index in [1.807, 2.05) is 11.8 Å². The number of nitrogens with one attached hydrogen (secondary N) is 1. The Morgan fingerprint density at radius 3 is 2.71 bits per heavy atom. The normalized spacial score (nSPS) is 15.0. The van der Waals surface area contributed by atoms with Gasteiger partial charge in [0.2, 0.25) is 0 Å². The van der Waals surface area contributed by atoms with E-state index in [9.17, 15) is 0 Å². The van der Waals surface area contributed by atoms with E-state index in [1.54, 1.807) is 11.1 Å². The van der Waals surface area contributed by atoms with Crippen LogP contribution in [0.5, 0.6) is 0 Å². The van der Waals surface area contributed by atoms with Crippen molar-refractivity contribution >= 4 is 11.8 Å². The maximum absolute atomic E-state index is 3.46. The lowest BCUT2D eigenvalue weighted by Crippen LogP contribution is -2.19. The van der Waals surface area contributed by atoms with E-state index in [-0.39, 0.29) is 0 Å². The lowest BCUT2D eigenvalue weighted by atomic mass is 10.0. The van der Waals surface area contributed by atoms with Crippen molar-refractivity contribution in [3.8, 4) is 0 Å². The van der Waals surface area contributed by atoms with Gasteiger partial charge in [0.15, 0.2) is 0 Å². The first kappa shape index (κ1) is 14.7. The summed E-state index contributed by atoms with van der Waals surface area (Å²) in [5.74, 6) is 1.07. The second kappa shape index (κ2) is 6.67. The molecule has 0 radical (unpaired) electrons. The first-order chi connectivity index (χ1) is 10.3. The van der Waals surface area contributed by atoms with E-state index in [4.69, 9.17) is 0 Å². The number of rotatable bonds is 5. The van der Waals surface area contributed by atoms with Crippen LogP contribution in [0, 0.1) is 6.92 Å². The molecule has 0 amide bonds. The third kappa shape index (κ3) is 3.33. The molecule has 0 aromatic heterocycles. The van der Waals surface area contributed by atoms with E-state index in [0.717, 1.165) is 5.75 Å². The van der Waals surface area contributed by atoms with Crippen LogP contribution in [-0.4, -0.2) is 12.8 Å². The highest BCUT2D eigenvalue weighted by Crippen LogP contribution is 2.30. The van der Waals surface area contributed by atoms with E-state index < -0.39 is 0 Å². The van der Waals surface area contributed by atoms with Gasteiger partial charge in [-0.05, 0) is 67.6 Å². The molecule has 0 saturated heterocycles. The van der Waals surface area contributed by atoms with Crippen molar-refractivity contribution in [1.82, 2.24) is 5.32 Å². The van der Waals surface area contributed by atoms with Crippen LogP contribution in [-0.2, 0) is 12.8 Å². The van der Waals surface area contributed by atoms with Crippen LogP contribution in [0.3, 0.4) is 0 Å². The summed E-state index contributed by atoms with van der Waals surface area (Å²) in [6, 6.07) is 16.1. The molecule has 0 bridgehead atoms. The Kier molecular flexibility index (Phi) is 4.67. The molecule has 2 aromatic rings. The molecule has 21 heavy (non-hydrogen) atoms. The molecule has 3 rings (SSSR count). The third-order valence-electron chi connectivity index (χ3n) is 4.40. The number of hydrogen-bond donors (Lipinski definition) is 1. The maximum Gasteiger partial charge on any atom is 0.0415 e. The summed E-state index contributed by atoms with van der Waals surface area (Å²) < 4.78 is 0. The summed E-state index contributed by atoms with van der Waals surface area (Å²) in [4.78, 5) is 1.41. The Balaban J connectivity index is 1.70. The van der Waals surface area contributed by atoms with Gasteiger partial charge in [-0.3, -0.25) is 0 Å². The van der Waals surface area contributed by atoms with Crippen LogP contribution >= 0.6 is 11.8 Å². The quantitative estimate of drug-likeness (QED) is 0.813. The van der Waals surface area contributed by atoms with Crippen LogP contribution in [0.15, 0.2) is 47.4 Å². The Hall–Kier alpha value is -1.25. The Morgan fingerprint density at radius 2 is 1.90 bits per heavy atom. The summed E-state index contributed by atoms with van der Waals surface area (Å²) in [5.41, 5.74) is 5.90. The van der Waals surface area contributed by atoms with Gasteiger partial charge >= 0.3 is 0 Å². The smallest absolute Gasteiger partial charge is 0.0415 e. The van der Waals surface area contributed by atoms with Crippen LogP contribution in [0.1, 0.15) is 34.7 Å². The summed E-state index contributed by atoms with van der Waals surface area (Å²) in [7, 11) is 2.06. The molecule has 0 heterocycles. The summed E-state index contributed by atoms with van der Waals surface area (Å²) >= 11 is 1.96. The monoisotopic (exact) mass is 297 g/mol. The predicted molar refractivity (Wildman–Crippen MR) is 92.2 cm³/mol. The minimum atomic E-state index is 0.407. The van der Waals surface area contributed by atoms with Crippen LogP contribution in [0.25, 0.3) is 0 Å². The van der Waals surface area contributed by atoms with Gasteiger partial charge in [0.1, 0.15) is 0 Å². The average Bonchev–Trinajstić information content (AvgIpc) is 2.97. The Labute approximate surface area is 132 Å². The molecule has 2 aromatic carbocycles. The van der Waals surface area contributed by atoms with Gasteiger partial charge in [0.05, 0.1) is 0 Å². The summed E-state index contributed by atoms with van der Waals surface area (Å²) in [6.07, 6.45) is 3.85. The minimum Gasteiger partial charge on any atom is -0.312 e. The van der Waals surface area contributed by atoms with E-state index in [2.05, 4.69) is 61.8 Å². The Morgan fingerprint density at radius 1 is 1.10 bits per heavy atom. The molecule has 2 heteroatoms. The van der Waals surface area contributed by atoms with Crippen molar-refractivity contribution in [2.45, 2.75) is 37.1 Å². The maximum atomic E-state index is 3.46. The molecule has 1 N–H and O–H groups in total. The highest BCUT2D eigenvalue weighted by Gasteiger charge is 2.14. The first-order valence-corrected chi connectivity index (χ1v) is 8.74. The SMILES string of the molecule is CNC(CSc1ccc2c(c1)CCC2)c1ccccc1C. The fraction of sp³-hybridized carbons (Fsp3) is 0.368. The van der Waals surface area contributed by atoms with Gasteiger partial charge in [-0.15, -0.1) is 11.8 Å². The zero-order valence-corrected chi connectivity index (χ0v) is 13.7. The van der Waals surface area contributed by atoms with Crippen molar-refractivity contribution in [3.63, 3.8) is 0 Å². The van der Waals surface area contributed by atoms with Gasteiger partial charge in [0.25, 0.3) is 0 Å². The first-order valence-electron chi connectivity index (χ1n) is 7.75. The lowest BCUT2D eigenvalue weighted by molar-refractivity contribution is 0.658. The Bertz CT molecular complexity index is 621. The average molecular weight is 297 g/mol. The number of benzene rings is 2. The number of thioether (sulfide) groups is 1. The van der Waals surface area contributed by atoms with Gasteiger partial charge in [-0.2, -0.15) is 0 Å². The highest BCUT2D eigenvalue weighted by atomic mass is 32.2. The van der Waals surface area contributed by atoms with Gasteiger partial charge in [-0.1, -0.05) is 30.3 Å². The van der Waals surface area contributed by atoms with Gasteiger partial charge in [-0.25, -0.2) is 0 Å². The second-order valence-electron chi connectivity index (χ2n) is 5.79.